The lowest BCUT2D eigenvalue weighted by Gasteiger charge is -2.13. The van der Waals surface area contributed by atoms with Crippen LogP contribution in [0.3, 0.4) is 0 Å². The average molecular weight is 156 g/mol. The molecule has 1 heterocycles. The Kier molecular flexibility index (Phi) is 2.12. The van der Waals surface area contributed by atoms with Crippen molar-refractivity contribution in [1.82, 2.24) is 10.6 Å². The molecule has 2 atom stereocenters. The van der Waals surface area contributed by atoms with Crippen molar-refractivity contribution in [2.75, 3.05) is 0 Å². The molecular formula is C7H12N2O2. The summed E-state index contributed by atoms with van der Waals surface area (Å²) in [4.78, 5) is 21.6. The second kappa shape index (κ2) is 2.90. The van der Waals surface area contributed by atoms with Crippen LogP contribution in [-0.4, -0.2) is 18.0 Å². The summed E-state index contributed by atoms with van der Waals surface area (Å²) in [6.07, 6.45) is 0.887. The molecule has 0 aromatic carbocycles. The highest BCUT2D eigenvalue weighted by Crippen LogP contribution is 2.10. The largest absolute Gasteiger partial charge is 0.326 e. The molecule has 0 radical (unpaired) electrons. The third-order valence-corrected chi connectivity index (χ3v) is 2.02. The van der Waals surface area contributed by atoms with Crippen LogP contribution in [-0.2, 0) is 4.79 Å². The van der Waals surface area contributed by atoms with Crippen molar-refractivity contribution >= 4 is 11.9 Å². The number of carbonyl (C=O) groups excluding carboxylic acids is 2. The van der Waals surface area contributed by atoms with E-state index in [-0.39, 0.29) is 23.9 Å². The first kappa shape index (κ1) is 8.04. The van der Waals surface area contributed by atoms with Crippen LogP contribution < -0.4 is 10.6 Å². The molecule has 0 aromatic rings. The molecule has 0 bridgehead atoms. The van der Waals surface area contributed by atoms with Crippen LogP contribution in [0.4, 0.5) is 4.79 Å². The fraction of sp³-hybridized carbons (Fsp3) is 0.714. The van der Waals surface area contributed by atoms with Gasteiger partial charge >= 0.3 is 6.03 Å². The van der Waals surface area contributed by atoms with E-state index in [0.717, 1.165) is 6.42 Å². The Bertz CT molecular complexity index is 191. The summed E-state index contributed by atoms with van der Waals surface area (Å²) < 4.78 is 0. The van der Waals surface area contributed by atoms with Gasteiger partial charge in [-0.05, 0) is 5.92 Å². The van der Waals surface area contributed by atoms with E-state index in [2.05, 4.69) is 10.6 Å². The smallest absolute Gasteiger partial charge is 0.322 e. The van der Waals surface area contributed by atoms with Gasteiger partial charge in [-0.15, -0.1) is 0 Å². The van der Waals surface area contributed by atoms with E-state index in [4.69, 9.17) is 0 Å². The summed E-state index contributed by atoms with van der Waals surface area (Å²) in [5.74, 6) is 0.00537. The van der Waals surface area contributed by atoms with Gasteiger partial charge in [0.15, 0.2) is 0 Å². The predicted molar refractivity (Wildman–Crippen MR) is 39.9 cm³/mol. The highest BCUT2D eigenvalue weighted by molar-refractivity contribution is 6.04. The molecule has 0 aromatic heterocycles. The molecular weight excluding hydrogens is 144 g/mol. The molecule has 11 heavy (non-hydrogen) atoms. The number of urea groups is 1. The molecule has 0 aliphatic carbocycles. The lowest BCUT2D eigenvalue weighted by molar-refractivity contribution is -0.121. The zero-order valence-corrected chi connectivity index (χ0v) is 6.68. The molecule has 1 rings (SSSR count). The maximum Gasteiger partial charge on any atom is 0.322 e. The third kappa shape index (κ3) is 1.50. The quantitative estimate of drug-likeness (QED) is 0.563. The number of imide groups is 1. The SMILES string of the molecule is CCC(C)[C@@H]1NC(=O)NC1=O. The topological polar surface area (TPSA) is 58.2 Å². The van der Waals surface area contributed by atoms with E-state index in [0.29, 0.717) is 0 Å². The van der Waals surface area contributed by atoms with Crippen LogP contribution in [0.5, 0.6) is 0 Å². The molecule has 1 aliphatic rings. The van der Waals surface area contributed by atoms with E-state index in [9.17, 15) is 9.59 Å². The van der Waals surface area contributed by atoms with Gasteiger partial charge < -0.3 is 5.32 Å². The van der Waals surface area contributed by atoms with Gasteiger partial charge in [-0.3, -0.25) is 10.1 Å². The van der Waals surface area contributed by atoms with Gasteiger partial charge in [-0.2, -0.15) is 0 Å². The van der Waals surface area contributed by atoms with E-state index in [1.54, 1.807) is 0 Å². The molecule has 3 amide bonds. The fourth-order valence-corrected chi connectivity index (χ4v) is 1.07. The highest BCUT2D eigenvalue weighted by atomic mass is 16.2. The molecule has 1 fully saturated rings. The number of carbonyl (C=O) groups is 2. The molecule has 62 valence electrons. The standard InChI is InChI=1S/C7H12N2O2/c1-3-4(2)5-6(10)9-7(11)8-5/h4-5H,3H2,1-2H3,(H2,8,9,10,11)/t4?,5-/m0/s1. The van der Waals surface area contributed by atoms with E-state index in [1.807, 2.05) is 13.8 Å². The molecule has 0 saturated carbocycles. The second-order valence-electron chi connectivity index (χ2n) is 2.83. The van der Waals surface area contributed by atoms with Gasteiger partial charge in [-0.1, -0.05) is 20.3 Å². The minimum absolute atomic E-state index is 0.204. The lowest BCUT2D eigenvalue weighted by Crippen LogP contribution is -2.35. The molecule has 1 aliphatic heterocycles. The zero-order valence-electron chi connectivity index (χ0n) is 6.68. The molecule has 4 nitrogen and oxygen atoms in total. The maximum atomic E-state index is 11.0. The van der Waals surface area contributed by atoms with Crippen LogP contribution in [0.15, 0.2) is 0 Å². The van der Waals surface area contributed by atoms with E-state index < -0.39 is 0 Å². The van der Waals surface area contributed by atoms with E-state index >= 15 is 0 Å². The minimum atomic E-state index is -0.375. The number of rotatable bonds is 2. The van der Waals surface area contributed by atoms with E-state index in [1.165, 1.54) is 0 Å². The summed E-state index contributed by atoms with van der Waals surface area (Å²) in [5, 5.41) is 4.75. The Balaban J connectivity index is 2.59. The van der Waals surface area contributed by atoms with Gasteiger partial charge in [0, 0.05) is 0 Å². The van der Waals surface area contributed by atoms with Crippen molar-refractivity contribution in [3.05, 3.63) is 0 Å². The van der Waals surface area contributed by atoms with Gasteiger partial charge in [0.25, 0.3) is 5.91 Å². The summed E-state index contributed by atoms with van der Waals surface area (Å²) in [6, 6.07) is -0.701. The van der Waals surface area contributed by atoms with Crippen LogP contribution in [0.25, 0.3) is 0 Å². The molecule has 4 heteroatoms. The zero-order chi connectivity index (χ0) is 8.43. The second-order valence-corrected chi connectivity index (χ2v) is 2.83. The van der Waals surface area contributed by atoms with Crippen LogP contribution in [0.1, 0.15) is 20.3 Å². The lowest BCUT2D eigenvalue weighted by atomic mass is 10.00. The summed E-state index contributed by atoms with van der Waals surface area (Å²) in [7, 11) is 0. The van der Waals surface area contributed by atoms with Gasteiger partial charge in [0.05, 0.1) is 0 Å². The normalized spacial score (nSPS) is 26.2. The first-order valence-corrected chi connectivity index (χ1v) is 3.76. The van der Waals surface area contributed by atoms with Gasteiger partial charge in [0.2, 0.25) is 0 Å². The average Bonchev–Trinajstić information content (AvgIpc) is 2.28. The van der Waals surface area contributed by atoms with Crippen molar-refractivity contribution in [3.63, 3.8) is 0 Å². The summed E-state index contributed by atoms with van der Waals surface area (Å²) in [6.45, 7) is 3.93. The number of amides is 3. The van der Waals surface area contributed by atoms with Crippen molar-refractivity contribution in [3.8, 4) is 0 Å². The Morgan fingerprint density at radius 1 is 1.55 bits per heavy atom. The fourth-order valence-electron chi connectivity index (χ4n) is 1.07. The van der Waals surface area contributed by atoms with Crippen molar-refractivity contribution in [2.45, 2.75) is 26.3 Å². The first-order chi connectivity index (χ1) is 5.15. The minimum Gasteiger partial charge on any atom is -0.326 e. The highest BCUT2D eigenvalue weighted by Gasteiger charge is 2.32. The number of hydrogen-bond acceptors (Lipinski definition) is 2. The number of hydrogen-bond donors (Lipinski definition) is 2. The van der Waals surface area contributed by atoms with Gasteiger partial charge in [-0.25, -0.2) is 4.79 Å². The van der Waals surface area contributed by atoms with Crippen LogP contribution in [0.2, 0.25) is 0 Å². The molecule has 1 unspecified atom stereocenters. The van der Waals surface area contributed by atoms with Crippen molar-refractivity contribution in [1.29, 1.82) is 0 Å². The molecule has 2 N–H and O–H groups in total. The molecule has 0 spiro atoms. The Morgan fingerprint density at radius 3 is 2.55 bits per heavy atom. The van der Waals surface area contributed by atoms with Gasteiger partial charge in [0.1, 0.15) is 6.04 Å². The Morgan fingerprint density at radius 2 is 2.18 bits per heavy atom. The third-order valence-electron chi connectivity index (χ3n) is 2.02. The van der Waals surface area contributed by atoms with Crippen LogP contribution >= 0.6 is 0 Å². The Labute approximate surface area is 65.3 Å². The molecule has 1 saturated heterocycles. The maximum absolute atomic E-state index is 11.0. The summed E-state index contributed by atoms with van der Waals surface area (Å²) in [5.41, 5.74) is 0. The first-order valence-electron chi connectivity index (χ1n) is 3.76. The Hall–Kier alpha value is -1.06. The van der Waals surface area contributed by atoms with Crippen molar-refractivity contribution in [2.24, 2.45) is 5.92 Å². The van der Waals surface area contributed by atoms with Crippen LogP contribution in [0, 0.1) is 5.92 Å². The van der Waals surface area contributed by atoms with Crippen molar-refractivity contribution < 1.29 is 9.59 Å². The monoisotopic (exact) mass is 156 g/mol. The summed E-state index contributed by atoms with van der Waals surface area (Å²) >= 11 is 0. The number of nitrogens with one attached hydrogen (secondary N) is 2. The predicted octanol–water partition coefficient (Wildman–Crippen LogP) is 0.241.